The largest absolute Gasteiger partial charge is 0.497 e. The minimum absolute atomic E-state index is 0.371. The Morgan fingerprint density at radius 2 is 1.90 bits per heavy atom. The van der Waals surface area contributed by atoms with Gasteiger partial charge in [0, 0.05) is 4.88 Å². The average Bonchev–Trinajstić information content (AvgIpc) is 2.78. The first-order valence-corrected chi connectivity index (χ1v) is 7.60. The minimum atomic E-state index is -0.371. The van der Waals surface area contributed by atoms with Crippen LogP contribution in [0.3, 0.4) is 0 Å². The standard InChI is InChI=1S/C16H22N2OS/c1-11-12(2)20-15(18-11)16(3,17)10-9-13-5-7-14(19-4)8-6-13/h5-8H,9-10,17H2,1-4H3. The molecule has 0 aliphatic heterocycles. The van der Waals surface area contributed by atoms with Crippen molar-refractivity contribution in [2.75, 3.05) is 7.11 Å². The summed E-state index contributed by atoms with van der Waals surface area (Å²) in [4.78, 5) is 5.85. The zero-order chi connectivity index (χ0) is 14.8. The number of aryl methyl sites for hydroxylation is 3. The molecule has 2 aromatic rings. The molecule has 1 atom stereocenters. The molecule has 0 bridgehead atoms. The first-order valence-electron chi connectivity index (χ1n) is 6.78. The first-order chi connectivity index (χ1) is 9.42. The second-order valence-electron chi connectivity index (χ2n) is 5.43. The van der Waals surface area contributed by atoms with Crippen molar-refractivity contribution in [2.24, 2.45) is 5.73 Å². The van der Waals surface area contributed by atoms with E-state index in [2.05, 4.69) is 31.0 Å². The van der Waals surface area contributed by atoms with Gasteiger partial charge < -0.3 is 10.5 Å². The molecule has 0 saturated heterocycles. The number of benzene rings is 1. The molecule has 0 fully saturated rings. The SMILES string of the molecule is COc1ccc(CCC(C)(N)c2nc(C)c(C)s2)cc1. The Balaban J connectivity index is 2.04. The number of nitrogens with zero attached hydrogens (tertiary/aromatic N) is 1. The van der Waals surface area contributed by atoms with E-state index in [-0.39, 0.29) is 5.54 Å². The number of thiazole rings is 1. The van der Waals surface area contributed by atoms with Gasteiger partial charge in [-0.1, -0.05) is 12.1 Å². The van der Waals surface area contributed by atoms with Gasteiger partial charge in [-0.15, -0.1) is 11.3 Å². The summed E-state index contributed by atoms with van der Waals surface area (Å²) in [6.07, 6.45) is 1.82. The lowest BCUT2D eigenvalue weighted by atomic mass is 9.95. The molecule has 0 aliphatic carbocycles. The van der Waals surface area contributed by atoms with Gasteiger partial charge in [0.1, 0.15) is 10.8 Å². The van der Waals surface area contributed by atoms with Crippen LogP contribution in [-0.4, -0.2) is 12.1 Å². The number of aromatic nitrogens is 1. The third-order valence-electron chi connectivity index (χ3n) is 3.61. The highest BCUT2D eigenvalue weighted by atomic mass is 32.1. The van der Waals surface area contributed by atoms with E-state index in [4.69, 9.17) is 10.5 Å². The number of hydrogen-bond acceptors (Lipinski definition) is 4. The molecule has 3 nitrogen and oxygen atoms in total. The van der Waals surface area contributed by atoms with E-state index in [1.165, 1.54) is 10.4 Å². The first kappa shape index (κ1) is 15.0. The van der Waals surface area contributed by atoms with Crippen molar-refractivity contribution in [3.63, 3.8) is 0 Å². The van der Waals surface area contributed by atoms with E-state index < -0.39 is 0 Å². The second-order valence-corrected chi connectivity index (χ2v) is 6.63. The summed E-state index contributed by atoms with van der Waals surface area (Å²) in [7, 11) is 1.68. The fourth-order valence-electron chi connectivity index (χ4n) is 2.02. The summed E-state index contributed by atoms with van der Waals surface area (Å²) in [5.41, 5.74) is 8.44. The second kappa shape index (κ2) is 5.94. The molecule has 1 aromatic carbocycles. The quantitative estimate of drug-likeness (QED) is 0.915. The molecule has 2 N–H and O–H groups in total. The molecule has 20 heavy (non-hydrogen) atoms. The van der Waals surface area contributed by atoms with Gasteiger partial charge in [0.2, 0.25) is 0 Å². The van der Waals surface area contributed by atoms with Gasteiger partial charge in [-0.3, -0.25) is 0 Å². The highest BCUT2D eigenvalue weighted by Gasteiger charge is 2.25. The number of methoxy groups -OCH3 is 1. The van der Waals surface area contributed by atoms with Gasteiger partial charge in [-0.2, -0.15) is 0 Å². The van der Waals surface area contributed by atoms with E-state index in [0.717, 1.165) is 29.3 Å². The summed E-state index contributed by atoms with van der Waals surface area (Å²) >= 11 is 1.71. The third-order valence-corrected chi connectivity index (χ3v) is 4.96. The van der Waals surface area contributed by atoms with Crippen molar-refractivity contribution in [2.45, 2.75) is 39.2 Å². The Morgan fingerprint density at radius 3 is 2.40 bits per heavy atom. The minimum Gasteiger partial charge on any atom is -0.497 e. The highest BCUT2D eigenvalue weighted by Crippen LogP contribution is 2.29. The molecule has 2 rings (SSSR count). The Labute approximate surface area is 124 Å². The molecule has 0 aliphatic rings. The van der Waals surface area contributed by atoms with Crippen molar-refractivity contribution in [3.8, 4) is 5.75 Å². The van der Waals surface area contributed by atoms with Gasteiger partial charge >= 0.3 is 0 Å². The summed E-state index contributed by atoms with van der Waals surface area (Å²) in [5.74, 6) is 0.885. The maximum atomic E-state index is 6.45. The van der Waals surface area contributed by atoms with E-state index in [1.54, 1.807) is 18.4 Å². The Morgan fingerprint density at radius 1 is 1.25 bits per heavy atom. The smallest absolute Gasteiger partial charge is 0.118 e. The van der Waals surface area contributed by atoms with Crippen LogP contribution in [0.5, 0.6) is 5.75 Å². The zero-order valence-corrected chi connectivity index (χ0v) is 13.4. The Kier molecular flexibility index (Phi) is 4.45. The van der Waals surface area contributed by atoms with Crippen molar-refractivity contribution in [1.29, 1.82) is 0 Å². The fourth-order valence-corrected chi connectivity index (χ4v) is 3.02. The summed E-state index contributed by atoms with van der Waals surface area (Å²) in [6, 6.07) is 8.16. The summed E-state index contributed by atoms with van der Waals surface area (Å²) < 4.78 is 5.17. The predicted octanol–water partition coefficient (Wildman–Crippen LogP) is 3.58. The summed E-state index contributed by atoms with van der Waals surface area (Å²) in [6.45, 7) is 6.19. The van der Waals surface area contributed by atoms with E-state index in [9.17, 15) is 0 Å². The number of ether oxygens (including phenoxy) is 1. The van der Waals surface area contributed by atoms with Crippen LogP contribution in [0.25, 0.3) is 0 Å². The van der Waals surface area contributed by atoms with Crippen LogP contribution in [0.1, 0.15) is 34.5 Å². The molecule has 4 heteroatoms. The molecular weight excluding hydrogens is 268 g/mol. The Bertz CT molecular complexity index is 553. The van der Waals surface area contributed by atoms with Crippen LogP contribution in [0.4, 0.5) is 0 Å². The molecule has 1 heterocycles. The lowest BCUT2D eigenvalue weighted by molar-refractivity contribution is 0.414. The molecule has 1 unspecified atom stereocenters. The average molecular weight is 290 g/mol. The maximum absolute atomic E-state index is 6.45. The molecule has 1 aromatic heterocycles. The van der Waals surface area contributed by atoms with Crippen LogP contribution in [0, 0.1) is 13.8 Å². The van der Waals surface area contributed by atoms with Crippen LogP contribution < -0.4 is 10.5 Å². The monoisotopic (exact) mass is 290 g/mol. The summed E-state index contributed by atoms with van der Waals surface area (Å²) in [5, 5.41) is 1.03. The number of hydrogen-bond donors (Lipinski definition) is 1. The van der Waals surface area contributed by atoms with Gasteiger partial charge in [0.25, 0.3) is 0 Å². The zero-order valence-electron chi connectivity index (χ0n) is 12.6. The normalized spacial score (nSPS) is 14.1. The van der Waals surface area contributed by atoms with Crippen molar-refractivity contribution < 1.29 is 4.74 Å². The van der Waals surface area contributed by atoms with Crippen LogP contribution >= 0.6 is 11.3 Å². The van der Waals surface area contributed by atoms with Crippen molar-refractivity contribution in [3.05, 3.63) is 45.4 Å². The lowest BCUT2D eigenvalue weighted by Gasteiger charge is -2.22. The molecule has 108 valence electrons. The topological polar surface area (TPSA) is 48.1 Å². The van der Waals surface area contributed by atoms with Crippen molar-refractivity contribution >= 4 is 11.3 Å². The van der Waals surface area contributed by atoms with Gasteiger partial charge in [-0.25, -0.2) is 4.98 Å². The van der Waals surface area contributed by atoms with Gasteiger partial charge in [0.05, 0.1) is 18.3 Å². The van der Waals surface area contributed by atoms with Gasteiger partial charge in [0.15, 0.2) is 0 Å². The predicted molar refractivity (Wildman–Crippen MR) is 84.4 cm³/mol. The highest BCUT2D eigenvalue weighted by molar-refractivity contribution is 7.11. The molecule has 0 amide bonds. The number of nitrogens with two attached hydrogens (primary N) is 1. The lowest BCUT2D eigenvalue weighted by Crippen LogP contribution is -2.33. The maximum Gasteiger partial charge on any atom is 0.118 e. The van der Waals surface area contributed by atoms with E-state index >= 15 is 0 Å². The number of rotatable bonds is 5. The van der Waals surface area contributed by atoms with Crippen LogP contribution in [0.2, 0.25) is 0 Å². The molecular formula is C16H22N2OS. The Hall–Kier alpha value is -1.39. The van der Waals surface area contributed by atoms with Crippen molar-refractivity contribution in [1.82, 2.24) is 4.98 Å². The van der Waals surface area contributed by atoms with E-state index in [1.807, 2.05) is 19.1 Å². The van der Waals surface area contributed by atoms with Gasteiger partial charge in [-0.05, 0) is 51.3 Å². The molecule has 0 saturated carbocycles. The van der Waals surface area contributed by atoms with E-state index in [0.29, 0.717) is 0 Å². The van der Waals surface area contributed by atoms with Crippen LogP contribution in [0.15, 0.2) is 24.3 Å². The third kappa shape index (κ3) is 3.38. The fraction of sp³-hybridized carbons (Fsp3) is 0.438. The molecule has 0 radical (unpaired) electrons. The molecule has 0 spiro atoms. The van der Waals surface area contributed by atoms with Crippen LogP contribution in [-0.2, 0) is 12.0 Å².